The predicted molar refractivity (Wildman–Crippen MR) is 140 cm³/mol. The summed E-state index contributed by atoms with van der Waals surface area (Å²) in [6, 6.07) is 6.19. The van der Waals surface area contributed by atoms with Crippen LogP contribution in [0.3, 0.4) is 0 Å². The molecule has 3 N–H and O–H groups in total. The lowest BCUT2D eigenvalue weighted by molar-refractivity contribution is -0.132. The van der Waals surface area contributed by atoms with Gasteiger partial charge in [-0.3, -0.25) is 19.3 Å². The van der Waals surface area contributed by atoms with Gasteiger partial charge < -0.3 is 34.7 Å². The summed E-state index contributed by atoms with van der Waals surface area (Å²) in [4.78, 5) is 50.7. The molecule has 2 aromatic rings. The summed E-state index contributed by atoms with van der Waals surface area (Å²) in [6.45, 7) is 2.50. The summed E-state index contributed by atoms with van der Waals surface area (Å²) in [6.07, 6.45) is 4.95. The van der Waals surface area contributed by atoms with Crippen LogP contribution in [0.15, 0.2) is 36.8 Å². The maximum absolute atomic E-state index is 13.8. The van der Waals surface area contributed by atoms with Crippen molar-refractivity contribution in [3.05, 3.63) is 48.0 Å². The van der Waals surface area contributed by atoms with Gasteiger partial charge in [0.05, 0.1) is 36.7 Å². The van der Waals surface area contributed by atoms with Crippen LogP contribution in [0.2, 0.25) is 0 Å². The normalized spacial score (nSPS) is 26.4. The number of benzene rings is 1. The number of H-pyrrole nitrogens is 1. The van der Waals surface area contributed by atoms with Crippen molar-refractivity contribution in [1.82, 2.24) is 30.4 Å². The van der Waals surface area contributed by atoms with Gasteiger partial charge in [-0.2, -0.15) is 0 Å². The molecule has 1 aromatic heterocycles. The van der Waals surface area contributed by atoms with Gasteiger partial charge in [0.2, 0.25) is 11.8 Å². The van der Waals surface area contributed by atoms with Gasteiger partial charge in [0.15, 0.2) is 0 Å². The van der Waals surface area contributed by atoms with E-state index in [4.69, 9.17) is 14.2 Å². The number of ether oxygens (including phenoxy) is 3. The minimum Gasteiger partial charge on any atom is -0.493 e. The molecule has 3 amide bonds. The smallest absolute Gasteiger partial charge is 0.258 e. The molecule has 0 aliphatic carbocycles. The maximum Gasteiger partial charge on any atom is 0.258 e. The molecular weight excluding hydrogens is 504 g/mol. The van der Waals surface area contributed by atoms with Crippen molar-refractivity contribution >= 4 is 17.7 Å². The molecule has 4 atom stereocenters. The van der Waals surface area contributed by atoms with E-state index in [0.29, 0.717) is 56.9 Å². The number of methoxy groups -OCH3 is 1. The zero-order valence-electron chi connectivity index (χ0n) is 22.1. The standard InChI is InChI=1S/C27H36N6O6/c1-37-16-25(34)31-21-7-6-19-8-11-38-23-5-3-2-4-20(23)27(36)33-10-9-32(14-18-12-28-17-30-18)15-22(33)26(35)29-13-24(21)39-19/h2-5,12,17,19,21-22,24H,6-11,13-16H2,1H3,(H,28,30)(H,29,35)(H,31,34)/t19-,21+,22-,24+/m0/s1. The lowest BCUT2D eigenvalue weighted by atomic mass is 9.96. The van der Waals surface area contributed by atoms with Crippen molar-refractivity contribution in [3.8, 4) is 5.75 Å². The molecule has 0 radical (unpaired) electrons. The first-order valence-electron chi connectivity index (χ1n) is 13.5. The summed E-state index contributed by atoms with van der Waals surface area (Å²) in [5, 5.41) is 6.01. The second-order valence-corrected chi connectivity index (χ2v) is 10.2. The first kappa shape index (κ1) is 27.1. The highest BCUT2D eigenvalue weighted by Crippen LogP contribution is 2.26. The van der Waals surface area contributed by atoms with Crippen molar-refractivity contribution in [2.75, 3.05) is 46.5 Å². The number of aromatic nitrogens is 2. The van der Waals surface area contributed by atoms with Gasteiger partial charge in [0.1, 0.15) is 18.4 Å². The van der Waals surface area contributed by atoms with Crippen molar-refractivity contribution in [1.29, 1.82) is 0 Å². The van der Waals surface area contributed by atoms with Crippen LogP contribution in [0.5, 0.6) is 5.75 Å². The Morgan fingerprint density at radius 1 is 1.21 bits per heavy atom. The molecule has 0 saturated carbocycles. The van der Waals surface area contributed by atoms with Crippen molar-refractivity contribution in [2.24, 2.45) is 0 Å². The van der Waals surface area contributed by atoms with E-state index in [1.165, 1.54) is 7.11 Å². The van der Waals surface area contributed by atoms with Gasteiger partial charge in [-0.1, -0.05) is 12.1 Å². The van der Waals surface area contributed by atoms with Gasteiger partial charge in [-0.15, -0.1) is 0 Å². The first-order chi connectivity index (χ1) is 19.0. The number of carbonyl (C=O) groups excluding carboxylic acids is 3. The molecule has 210 valence electrons. The molecule has 2 fully saturated rings. The van der Waals surface area contributed by atoms with E-state index < -0.39 is 12.1 Å². The number of piperazine rings is 1. The fraction of sp³-hybridized carbons (Fsp3) is 0.556. The predicted octanol–water partition coefficient (Wildman–Crippen LogP) is 0.314. The summed E-state index contributed by atoms with van der Waals surface area (Å²) in [5.74, 6) is -0.227. The Morgan fingerprint density at radius 3 is 2.90 bits per heavy atom. The first-order valence-corrected chi connectivity index (χ1v) is 13.5. The Bertz CT molecular complexity index is 1140. The Balaban J connectivity index is 1.39. The molecular formula is C27H36N6O6. The van der Waals surface area contributed by atoms with Crippen LogP contribution in [0, 0.1) is 0 Å². The number of nitrogens with zero attached hydrogens (tertiary/aromatic N) is 3. The van der Waals surface area contributed by atoms with Crippen LogP contribution in [-0.2, 0) is 25.6 Å². The second-order valence-electron chi connectivity index (χ2n) is 10.2. The molecule has 1 aromatic carbocycles. The molecule has 3 aliphatic rings. The van der Waals surface area contributed by atoms with Gasteiger partial charge in [0.25, 0.3) is 5.91 Å². The van der Waals surface area contributed by atoms with Crippen LogP contribution < -0.4 is 15.4 Å². The second kappa shape index (κ2) is 12.6. The number of rotatable bonds is 5. The Labute approximate surface area is 227 Å². The van der Waals surface area contributed by atoms with Gasteiger partial charge in [0, 0.05) is 58.1 Å². The Morgan fingerprint density at radius 2 is 2.08 bits per heavy atom. The van der Waals surface area contributed by atoms with E-state index in [2.05, 4.69) is 25.5 Å². The van der Waals surface area contributed by atoms with Gasteiger partial charge in [-0.05, 0) is 25.0 Å². The Kier molecular flexibility index (Phi) is 8.74. The molecule has 5 rings (SSSR count). The molecule has 39 heavy (non-hydrogen) atoms. The number of hydrogen-bond donors (Lipinski definition) is 3. The highest BCUT2D eigenvalue weighted by atomic mass is 16.5. The molecule has 12 heteroatoms. The third-order valence-electron chi connectivity index (χ3n) is 7.51. The summed E-state index contributed by atoms with van der Waals surface area (Å²) in [7, 11) is 1.47. The SMILES string of the molecule is COCC(=O)N[C@@H]1CC[C@H]2CCOc3ccccc3C(=O)N3CCN(Cc4cnc[nH]4)C[C@H]3C(=O)NC[C@H]1O2. The number of amides is 3. The highest BCUT2D eigenvalue weighted by Gasteiger charge is 2.38. The van der Waals surface area contributed by atoms with E-state index in [-0.39, 0.29) is 43.0 Å². The number of hydrogen-bond acceptors (Lipinski definition) is 8. The summed E-state index contributed by atoms with van der Waals surface area (Å²) >= 11 is 0. The number of carbonyl (C=O) groups is 3. The summed E-state index contributed by atoms with van der Waals surface area (Å²) in [5.41, 5.74) is 1.38. The Hall–Kier alpha value is -3.48. The van der Waals surface area contributed by atoms with Gasteiger partial charge >= 0.3 is 0 Å². The highest BCUT2D eigenvalue weighted by molar-refractivity contribution is 6.00. The zero-order valence-corrected chi connectivity index (χ0v) is 22.1. The van der Waals surface area contributed by atoms with Crippen LogP contribution in [0.4, 0.5) is 0 Å². The molecule has 2 bridgehead atoms. The van der Waals surface area contributed by atoms with E-state index in [9.17, 15) is 14.4 Å². The van der Waals surface area contributed by atoms with E-state index >= 15 is 0 Å². The molecule has 0 unspecified atom stereocenters. The zero-order chi connectivity index (χ0) is 27.2. The quantitative estimate of drug-likeness (QED) is 0.493. The molecule has 0 spiro atoms. The summed E-state index contributed by atoms with van der Waals surface area (Å²) < 4.78 is 17.4. The third-order valence-corrected chi connectivity index (χ3v) is 7.51. The minimum atomic E-state index is -0.717. The topological polar surface area (TPSA) is 138 Å². The average molecular weight is 541 g/mol. The van der Waals surface area contributed by atoms with Crippen molar-refractivity contribution < 1.29 is 28.6 Å². The number of nitrogens with one attached hydrogen (secondary N) is 3. The fourth-order valence-electron chi connectivity index (χ4n) is 5.51. The van der Waals surface area contributed by atoms with Crippen molar-refractivity contribution in [2.45, 2.75) is 50.1 Å². The lowest BCUT2D eigenvalue weighted by Gasteiger charge is -2.41. The molecule has 12 nitrogen and oxygen atoms in total. The minimum absolute atomic E-state index is 0.0441. The fourth-order valence-corrected chi connectivity index (χ4v) is 5.51. The lowest BCUT2D eigenvalue weighted by Crippen LogP contribution is -2.62. The van der Waals surface area contributed by atoms with E-state index in [0.717, 1.165) is 12.1 Å². The monoisotopic (exact) mass is 540 g/mol. The maximum atomic E-state index is 13.8. The number of para-hydroxylation sites is 1. The van der Waals surface area contributed by atoms with Crippen LogP contribution in [0.1, 0.15) is 35.3 Å². The number of imidazole rings is 1. The van der Waals surface area contributed by atoms with Crippen LogP contribution in [-0.4, -0.2) is 108 Å². The van der Waals surface area contributed by atoms with E-state index in [1.54, 1.807) is 35.6 Å². The van der Waals surface area contributed by atoms with Gasteiger partial charge in [-0.25, -0.2) is 4.98 Å². The molecule has 4 heterocycles. The molecule has 2 saturated heterocycles. The number of fused-ring (bicyclic) bond motifs is 4. The molecule has 3 aliphatic heterocycles. The van der Waals surface area contributed by atoms with Crippen LogP contribution in [0.25, 0.3) is 0 Å². The average Bonchev–Trinajstić information content (AvgIpc) is 3.45. The largest absolute Gasteiger partial charge is 0.493 e. The van der Waals surface area contributed by atoms with Crippen LogP contribution >= 0.6 is 0 Å². The van der Waals surface area contributed by atoms with E-state index in [1.807, 2.05) is 6.07 Å². The number of aromatic amines is 1. The third kappa shape index (κ3) is 6.57. The van der Waals surface area contributed by atoms with Crippen molar-refractivity contribution in [3.63, 3.8) is 0 Å².